The molecule has 120 valence electrons. The van der Waals surface area contributed by atoms with E-state index >= 15 is 0 Å². The molecule has 0 aliphatic carbocycles. The second-order valence-electron chi connectivity index (χ2n) is 5.75. The first-order valence-electron chi connectivity index (χ1n) is 7.62. The van der Waals surface area contributed by atoms with Crippen LogP contribution in [0, 0.1) is 11.6 Å². The molecule has 1 aliphatic rings. The van der Waals surface area contributed by atoms with Crippen LogP contribution >= 0.6 is 0 Å². The van der Waals surface area contributed by atoms with E-state index in [0.29, 0.717) is 6.54 Å². The lowest BCUT2D eigenvalue weighted by Gasteiger charge is -2.32. The summed E-state index contributed by atoms with van der Waals surface area (Å²) in [7, 11) is 0. The summed E-state index contributed by atoms with van der Waals surface area (Å²) in [6.45, 7) is 3.15. The maximum Gasteiger partial charge on any atom is 0.241 e. The highest BCUT2D eigenvalue weighted by Gasteiger charge is 2.26. The number of hydrogen-bond acceptors (Lipinski definition) is 2. The number of benzene rings is 2. The Balaban J connectivity index is 1.71. The first-order valence-corrected chi connectivity index (χ1v) is 7.62. The lowest BCUT2D eigenvalue weighted by atomic mass is 9.99. The number of halogens is 2. The number of nitrogens with one attached hydrogen (secondary N) is 1. The Kier molecular flexibility index (Phi) is 4.39. The van der Waals surface area contributed by atoms with Gasteiger partial charge in [0, 0.05) is 13.1 Å². The van der Waals surface area contributed by atoms with Crippen molar-refractivity contribution in [3.63, 3.8) is 0 Å². The van der Waals surface area contributed by atoms with Gasteiger partial charge in [0.25, 0.3) is 0 Å². The van der Waals surface area contributed by atoms with Crippen molar-refractivity contribution in [1.82, 2.24) is 4.90 Å². The van der Waals surface area contributed by atoms with E-state index < -0.39 is 23.6 Å². The van der Waals surface area contributed by atoms with Crippen molar-refractivity contribution in [2.75, 3.05) is 11.9 Å². The van der Waals surface area contributed by atoms with Crippen molar-refractivity contribution in [2.45, 2.75) is 25.9 Å². The lowest BCUT2D eigenvalue weighted by Crippen LogP contribution is -2.44. The Labute approximate surface area is 133 Å². The number of nitrogens with zero attached hydrogens (tertiary/aromatic N) is 1. The molecule has 1 atom stereocenters. The van der Waals surface area contributed by atoms with Crippen LogP contribution in [0.25, 0.3) is 0 Å². The monoisotopic (exact) mass is 316 g/mol. The zero-order valence-electron chi connectivity index (χ0n) is 12.9. The molecule has 5 heteroatoms. The highest BCUT2D eigenvalue weighted by Crippen LogP contribution is 2.22. The summed E-state index contributed by atoms with van der Waals surface area (Å²) < 4.78 is 27.3. The standard InChI is InChI=1S/C18H18F2N2O/c1-12(18(23)21-17-15(19)7-4-8-16(17)20)22-10-9-13-5-2-3-6-14(13)11-22/h2-8,12H,9-11H2,1H3,(H,21,23)/t12-/m1/s1. The van der Waals surface area contributed by atoms with E-state index in [-0.39, 0.29) is 5.69 Å². The van der Waals surface area contributed by atoms with Crippen LogP contribution < -0.4 is 5.32 Å². The molecule has 1 heterocycles. The molecular weight excluding hydrogens is 298 g/mol. The van der Waals surface area contributed by atoms with Crippen molar-refractivity contribution in [2.24, 2.45) is 0 Å². The minimum atomic E-state index is -0.769. The summed E-state index contributed by atoms with van der Waals surface area (Å²) in [5.74, 6) is -1.95. The molecule has 0 fully saturated rings. The fourth-order valence-corrected chi connectivity index (χ4v) is 2.86. The molecule has 2 aromatic rings. The highest BCUT2D eigenvalue weighted by atomic mass is 19.1. The zero-order valence-corrected chi connectivity index (χ0v) is 12.9. The fourth-order valence-electron chi connectivity index (χ4n) is 2.86. The molecule has 3 rings (SSSR count). The molecule has 1 aliphatic heterocycles. The summed E-state index contributed by atoms with van der Waals surface area (Å²) in [6, 6.07) is 11.2. The average molecular weight is 316 g/mol. The number of hydrogen-bond donors (Lipinski definition) is 1. The van der Waals surface area contributed by atoms with Crippen LogP contribution in [0.1, 0.15) is 18.1 Å². The molecular formula is C18H18F2N2O. The molecule has 0 saturated carbocycles. The van der Waals surface area contributed by atoms with E-state index in [1.54, 1.807) is 6.92 Å². The number of carbonyl (C=O) groups excluding carboxylic acids is 1. The lowest BCUT2D eigenvalue weighted by molar-refractivity contribution is -0.121. The van der Waals surface area contributed by atoms with E-state index in [0.717, 1.165) is 25.1 Å². The summed E-state index contributed by atoms with van der Waals surface area (Å²) in [4.78, 5) is 14.4. The SMILES string of the molecule is C[C@H](C(=O)Nc1c(F)cccc1F)N1CCc2ccccc2C1. The molecule has 1 N–H and O–H groups in total. The molecule has 2 aromatic carbocycles. The number of para-hydroxylation sites is 1. The Bertz CT molecular complexity index is 712. The van der Waals surface area contributed by atoms with Crippen LogP contribution in [0.15, 0.2) is 42.5 Å². The highest BCUT2D eigenvalue weighted by molar-refractivity contribution is 5.94. The van der Waals surface area contributed by atoms with E-state index in [1.165, 1.54) is 17.2 Å². The number of amides is 1. The van der Waals surface area contributed by atoms with Gasteiger partial charge in [-0.1, -0.05) is 30.3 Å². The third kappa shape index (κ3) is 3.24. The van der Waals surface area contributed by atoms with Gasteiger partial charge in [0.2, 0.25) is 5.91 Å². The van der Waals surface area contributed by atoms with Crippen molar-refractivity contribution in [3.05, 3.63) is 65.2 Å². The second-order valence-corrected chi connectivity index (χ2v) is 5.75. The van der Waals surface area contributed by atoms with Gasteiger partial charge in [-0.15, -0.1) is 0 Å². The number of carbonyl (C=O) groups is 1. The van der Waals surface area contributed by atoms with Gasteiger partial charge < -0.3 is 5.32 Å². The third-order valence-corrected chi connectivity index (χ3v) is 4.30. The molecule has 0 unspecified atom stereocenters. The quantitative estimate of drug-likeness (QED) is 0.942. The Hall–Kier alpha value is -2.27. The van der Waals surface area contributed by atoms with Gasteiger partial charge in [-0.3, -0.25) is 9.69 Å². The van der Waals surface area contributed by atoms with Crippen LogP contribution in [-0.4, -0.2) is 23.4 Å². The summed E-state index contributed by atoms with van der Waals surface area (Å²) in [5, 5.41) is 2.37. The van der Waals surface area contributed by atoms with Crippen molar-refractivity contribution in [1.29, 1.82) is 0 Å². The maximum atomic E-state index is 13.6. The molecule has 3 nitrogen and oxygen atoms in total. The first kappa shape index (κ1) is 15.6. The van der Waals surface area contributed by atoms with Crippen molar-refractivity contribution >= 4 is 11.6 Å². The number of rotatable bonds is 3. The smallest absolute Gasteiger partial charge is 0.241 e. The van der Waals surface area contributed by atoms with Crippen LogP contribution in [0.4, 0.5) is 14.5 Å². The van der Waals surface area contributed by atoms with Gasteiger partial charge in [0.05, 0.1) is 6.04 Å². The average Bonchev–Trinajstić information content (AvgIpc) is 2.57. The Morgan fingerprint density at radius 2 is 1.74 bits per heavy atom. The molecule has 23 heavy (non-hydrogen) atoms. The Morgan fingerprint density at radius 1 is 1.09 bits per heavy atom. The van der Waals surface area contributed by atoms with Gasteiger partial charge in [-0.25, -0.2) is 8.78 Å². The van der Waals surface area contributed by atoms with Gasteiger partial charge in [-0.05, 0) is 36.6 Å². The van der Waals surface area contributed by atoms with Crippen LogP contribution in [0.5, 0.6) is 0 Å². The predicted octanol–water partition coefficient (Wildman–Crippen LogP) is 3.35. The molecule has 0 radical (unpaired) electrons. The zero-order chi connectivity index (χ0) is 16.4. The minimum absolute atomic E-state index is 0.387. The van der Waals surface area contributed by atoms with E-state index in [1.807, 2.05) is 23.1 Å². The molecule has 0 aromatic heterocycles. The van der Waals surface area contributed by atoms with E-state index in [9.17, 15) is 13.6 Å². The van der Waals surface area contributed by atoms with E-state index in [2.05, 4.69) is 11.4 Å². The Morgan fingerprint density at radius 3 is 2.43 bits per heavy atom. The third-order valence-electron chi connectivity index (χ3n) is 4.30. The molecule has 0 saturated heterocycles. The summed E-state index contributed by atoms with van der Waals surface area (Å²) in [6.07, 6.45) is 0.863. The predicted molar refractivity (Wildman–Crippen MR) is 85.0 cm³/mol. The number of anilines is 1. The van der Waals surface area contributed by atoms with Crippen LogP contribution in [0.2, 0.25) is 0 Å². The number of fused-ring (bicyclic) bond motifs is 1. The van der Waals surface area contributed by atoms with Crippen molar-refractivity contribution in [3.8, 4) is 0 Å². The van der Waals surface area contributed by atoms with Crippen LogP contribution in [0.3, 0.4) is 0 Å². The normalized spacial score (nSPS) is 15.8. The van der Waals surface area contributed by atoms with Gasteiger partial charge in [-0.2, -0.15) is 0 Å². The van der Waals surface area contributed by atoms with Gasteiger partial charge >= 0.3 is 0 Å². The fraction of sp³-hybridized carbons (Fsp3) is 0.278. The van der Waals surface area contributed by atoms with E-state index in [4.69, 9.17) is 0 Å². The summed E-state index contributed by atoms with van der Waals surface area (Å²) in [5.41, 5.74) is 2.09. The van der Waals surface area contributed by atoms with Gasteiger partial charge in [0.15, 0.2) is 0 Å². The maximum absolute atomic E-state index is 13.6. The molecule has 0 spiro atoms. The second kappa shape index (κ2) is 6.46. The molecule has 1 amide bonds. The molecule has 0 bridgehead atoms. The first-order chi connectivity index (χ1) is 11.1. The van der Waals surface area contributed by atoms with Gasteiger partial charge in [0.1, 0.15) is 17.3 Å². The largest absolute Gasteiger partial charge is 0.320 e. The minimum Gasteiger partial charge on any atom is -0.320 e. The summed E-state index contributed by atoms with van der Waals surface area (Å²) >= 11 is 0. The van der Waals surface area contributed by atoms with Crippen LogP contribution in [-0.2, 0) is 17.8 Å². The van der Waals surface area contributed by atoms with Crippen molar-refractivity contribution < 1.29 is 13.6 Å². The topological polar surface area (TPSA) is 32.3 Å².